The highest BCUT2D eigenvalue weighted by Gasteiger charge is 2.02. The smallest absolute Gasteiger partial charge is 0.244 e. The molecule has 0 aliphatic rings. The Labute approximate surface area is 109 Å². The van der Waals surface area contributed by atoms with Crippen LogP contribution in [0.3, 0.4) is 0 Å². The summed E-state index contributed by atoms with van der Waals surface area (Å²) in [7, 11) is 1.66. The molecule has 0 saturated carbocycles. The van der Waals surface area contributed by atoms with Crippen LogP contribution in [-0.2, 0) is 9.53 Å². The van der Waals surface area contributed by atoms with Gasteiger partial charge in [0.25, 0.3) is 0 Å². The lowest BCUT2D eigenvalue weighted by molar-refractivity contribution is -0.116. The molecule has 1 amide bonds. The zero-order chi connectivity index (χ0) is 13.2. The third-order valence-corrected chi connectivity index (χ3v) is 2.66. The molecule has 3 heteroatoms. The van der Waals surface area contributed by atoms with E-state index in [0.717, 1.165) is 24.0 Å². The zero-order valence-electron chi connectivity index (χ0n) is 11.1. The maximum absolute atomic E-state index is 11.7. The van der Waals surface area contributed by atoms with E-state index in [-0.39, 0.29) is 5.91 Å². The molecule has 0 aromatic heterocycles. The van der Waals surface area contributed by atoms with E-state index in [4.69, 9.17) is 4.74 Å². The Kier molecular flexibility index (Phi) is 6.81. The second kappa shape index (κ2) is 8.48. The van der Waals surface area contributed by atoms with Crippen LogP contribution in [0.5, 0.6) is 0 Å². The van der Waals surface area contributed by atoms with E-state index < -0.39 is 0 Å². The largest absolute Gasteiger partial charge is 0.385 e. The Hall–Kier alpha value is -1.61. The minimum Gasteiger partial charge on any atom is -0.385 e. The van der Waals surface area contributed by atoms with E-state index in [9.17, 15) is 4.79 Å². The van der Waals surface area contributed by atoms with Crippen LogP contribution in [0.1, 0.15) is 25.3 Å². The van der Waals surface area contributed by atoms with E-state index in [1.54, 1.807) is 13.2 Å². The number of amides is 1. The van der Waals surface area contributed by atoms with Crippen LogP contribution in [0.2, 0.25) is 0 Å². The molecule has 0 saturated heterocycles. The summed E-state index contributed by atoms with van der Waals surface area (Å²) >= 11 is 0. The topological polar surface area (TPSA) is 38.3 Å². The predicted octanol–water partition coefficient (Wildman–Crippen LogP) is 2.63. The molecule has 0 bridgehead atoms. The number of hydrogen-bond acceptors (Lipinski definition) is 2. The van der Waals surface area contributed by atoms with Crippen molar-refractivity contribution in [3.8, 4) is 0 Å². The number of nitrogens with one attached hydrogen (secondary N) is 1. The van der Waals surface area contributed by atoms with Gasteiger partial charge in [-0.3, -0.25) is 4.79 Å². The molecule has 3 nitrogen and oxygen atoms in total. The van der Waals surface area contributed by atoms with Gasteiger partial charge in [0.1, 0.15) is 0 Å². The number of carbonyl (C=O) groups excluding carboxylic acids is 1. The van der Waals surface area contributed by atoms with Crippen molar-refractivity contribution < 1.29 is 9.53 Å². The average molecular weight is 247 g/mol. The third-order valence-electron chi connectivity index (χ3n) is 2.66. The van der Waals surface area contributed by atoms with Crippen molar-refractivity contribution >= 4 is 11.5 Å². The molecule has 18 heavy (non-hydrogen) atoms. The van der Waals surface area contributed by atoms with Gasteiger partial charge in [-0.2, -0.15) is 0 Å². The van der Waals surface area contributed by atoms with Gasteiger partial charge < -0.3 is 10.1 Å². The Morgan fingerprint density at radius 1 is 1.33 bits per heavy atom. The van der Waals surface area contributed by atoms with Gasteiger partial charge in [-0.05, 0) is 24.0 Å². The lowest BCUT2D eigenvalue weighted by Crippen LogP contribution is -2.23. The van der Waals surface area contributed by atoms with Crippen LogP contribution in [-0.4, -0.2) is 26.2 Å². The molecular formula is C15H21NO2. The molecule has 0 spiro atoms. The van der Waals surface area contributed by atoms with Crippen molar-refractivity contribution in [2.45, 2.75) is 19.8 Å². The summed E-state index contributed by atoms with van der Waals surface area (Å²) in [5, 5.41) is 2.86. The van der Waals surface area contributed by atoms with Crippen LogP contribution in [0.4, 0.5) is 0 Å². The minimum absolute atomic E-state index is 0.0354. The summed E-state index contributed by atoms with van der Waals surface area (Å²) in [6.07, 6.45) is 3.36. The summed E-state index contributed by atoms with van der Waals surface area (Å²) in [6.45, 7) is 3.37. The molecular weight excluding hydrogens is 226 g/mol. The SMILES string of the molecule is CC/C(=C\C(=O)NCCCOC)c1ccccc1. The molecule has 1 aromatic rings. The highest BCUT2D eigenvalue weighted by atomic mass is 16.5. The first-order valence-electron chi connectivity index (χ1n) is 6.30. The van der Waals surface area contributed by atoms with Crippen molar-refractivity contribution in [1.82, 2.24) is 5.32 Å². The molecule has 1 aromatic carbocycles. The van der Waals surface area contributed by atoms with Crippen LogP contribution in [0, 0.1) is 0 Å². The van der Waals surface area contributed by atoms with Crippen LogP contribution in [0.15, 0.2) is 36.4 Å². The van der Waals surface area contributed by atoms with Gasteiger partial charge in [0, 0.05) is 26.3 Å². The Balaban J connectivity index is 2.54. The number of methoxy groups -OCH3 is 1. The van der Waals surface area contributed by atoms with Crippen LogP contribution >= 0.6 is 0 Å². The first kappa shape index (κ1) is 14.5. The van der Waals surface area contributed by atoms with E-state index in [1.165, 1.54) is 0 Å². The molecule has 0 atom stereocenters. The number of allylic oxidation sites excluding steroid dienone is 1. The second-order valence-electron chi connectivity index (χ2n) is 4.03. The fourth-order valence-electron chi connectivity index (χ4n) is 1.68. The Bertz CT molecular complexity index is 385. The van der Waals surface area contributed by atoms with Crippen molar-refractivity contribution in [2.75, 3.05) is 20.3 Å². The summed E-state index contributed by atoms with van der Waals surface area (Å²) in [5.74, 6) is -0.0354. The van der Waals surface area contributed by atoms with Crippen LogP contribution in [0.25, 0.3) is 5.57 Å². The quantitative estimate of drug-likeness (QED) is 0.594. The Morgan fingerprint density at radius 3 is 2.67 bits per heavy atom. The molecule has 1 N–H and O–H groups in total. The number of carbonyl (C=O) groups is 1. The number of hydrogen-bond donors (Lipinski definition) is 1. The fourth-order valence-corrected chi connectivity index (χ4v) is 1.68. The van der Waals surface area contributed by atoms with Crippen LogP contribution < -0.4 is 5.32 Å². The van der Waals surface area contributed by atoms with Crippen molar-refractivity contribution in [3.63, 3.8) is 0 Å². The maximum atomic E-state index is 11.7. The molecule has 0 aliphatic heterocycles. The van der Waals surface area contributed by atoms with E-state index >= 15 is 0 Å². The zero-order valence-corrected chi connectivity index (χ0v) is 11.1. The molecule has 0 fully saturated rings. The monoisotopic (exact) mass is 247 g/mol. The van der Waals surface area contributed by atoms with Gasteiger partial charge in [0.2, 0.25) is 5.91 Å². The van der Waals surface area contributed by atoms with Gasteiger partial charge >= 0.3 is 0 Å². The minimum atomic E-state index is -0.0354. The second-order valence-corrected chi connectivity index (χ2v) is 4.03. The van der Waals surface area contributed by atoms with Crippen molar-refractivity contribution in [3.05, 3.63) is 42.0 Å². The highest BCUT2D eigenvalue weighted by molar-refractivity contribution is 5.95. The van der Waals surface area contributed by atoms with Gasteiger partial charge in [0.15, 0.2) is 0 Å². The highest BCUT2D eigenvalue weighted by Crippen LogP contribution is 2.16. The summed E-state index contributed by atoms with van der Waals surface area (Å²) < 4.78 is 4.93. The summed E-state index contributed by atoms with van der Waals surface area (Å²) in [5.41, 5.74) is 2.16. The lowest BCUT2D eigenvalue weighted by atomic mass is 10.0. The number of rotatable bonds is 7. The number of benzene rings is 1. The number of ether oxygens (including phenoxy) is 1. The van der Waals surface area contributed by atoms with Gasteiger partial charge in [-0.1, -0.05) is 37.3 Å². The molecule has 0 radical (unpaired) electrons. The first-order valence-corrected chi connectivity index (χ1v) is 6.30. The molecule has 98 valence electrons. The average Bonchev–Trinajstić information content (AvgIpc) is 2.42. The normalized spacial score (nSPS) is 11.3. The van der Waals surface area contributed by atoms with Crippen molar-refractivity contribution in [1.29, 1.82) is 0 Å². The maximum Gasteiger partial charge on any atom is 0.244 e. The molecule has 0 heterocycles. The summed E-state index contributed by atoms with van der Waals surface area (Å²) in [4.78, 5) is 11.7. The molecule has 1 rings (SSSR count). The van der Waals surface area contributed by atoms with E-state index in [0.29, 0.717) is 13.2 Å². The fraction of sp³-hybridized carbons (Fsp3) is 0.400. The molecule has 0 unspecified atom stereocenters. The third kappa shape index (κ3) is 5.15. The van der Waals surface area contributed by atoms with Gasteiger partial charge in [-0.25, -0.2) is 0 Å². The van der Waals surface area contributed by atoms with Gasteiger partial charge in [-0.15, -0.1) is 0 Å². The Morgan fingerprint density at radius 2 is 2.06 bits per heavy atom. The van der Waals surface area contributed by atoms with E-state index in [2.05, 4.69) is 12.2 Å². The van der Waals surface area contributed by atoms with Crippen molar-refractivity contribution in [2.24, 2.45) is 0 Å². The van der Waals surface area contributed by atoms with E-state index in [1.807, 2.05) is 30.3 Å². The standard InChI is InChI=1S/C15H21NO2/c1-3-13(14-8-5-4-6-9-14)12-15(17)16-10-7-11-18-2/h4-6,8-9,12H,3,7,10-11H2,1-2H3,(H,16,17)/b13-12+. The van der Waals surface area contributed by atoms with Gasteiger partial charge in [0.05, 0.1) is 0 Å². The summed E-state index contributed by atoms with van der Waals surface area (Å²) in [6, 6.07) is 9.98. The molecule has 0 aliphatic carbocycles. The lowest BCUT2D eigenvalue weighted by Gasteiger charge is -2.06. The first-order chi connectivity index (χ1) is 8.77. The predicted molar refractivity (Wildman–Crippen MR) is 74.2 cm³/mol.